The Balaban J connectivity index is 3.03. The van der Waals surface area contributed by atoms with Crippen molar-refractivity contribution in [1.82, 2.24) is 0 Å². The Bertz CT molecular complexity index is 1000. The minimum Gasteiger partial charge on any atom is -0.409 e. The van der Waals surface area contributed by atoms with Crippen LogP contribution < -0.4 is 10.4 Å². The second kappa shape index (κ2) is 13.0. The Kier molecular flexibility index (Phi) is 11.2. The highest BCUT2D eigenvalue weighted by Crippen LogP contribution is 2.31. The molecular formula is C28H46O5Si6. The molecule has 0 amide bonds. The van der Waals surface area contributed by atoms with Gasteiger partial charge in [0.2, 0.25) is 33.3 Å². The van der Waals surface area contributed by atoms with Gasteiger partial charge in [-0.05, 0) is 52.4 Å². The van der Waals surface area contributed by atoms with Crippen LogP contribution in [0.5, 0.6) is 0 Å². The largest absolute Gasteiger partial charge is 0.509 e. The molecule has 0 saturated carbocycles. The molecule has 0 heterocycles. The SMILES string of the molecule is C=C[Si](C)(C)O[Si](O[Si](C)(C)C=C)(O[Si](O[Si](C)(C)C=C)(O[Si](C)(C)C=C)c1ccccc1)c1ccccc1. The molecule has 2 aromatic rings. The molecule has 0 atom stereocenters. The van der Waals surface area contributed by atoms with Crippen molar-refractivity contribution in [1.29, 1.82) is 0 Å². The van der Waals surface area contributed by atoms with Crippen molar-refractivity contribution in [3.63, 3.8) is 0 Å². The predicted molar refractivity (Wildman–Crippen MR) is 180 cm³/mol. The molecule has 0 aromatic heterocycles. The highest BCUT2D eigenvalue weighted by molar-refractivity contribution is 7.02. The smallest absolute Gasteiger partial charge is 0.409 e. The average molecular weight is 631 g/mol. The van der Waals surface area contributed by atoms with E-state index in [4.69, 9.17) is 20.6 Å². The van der Waals surface area contributed by atoms with E-state index in [0.717, 1.165) is 10.4 Å². The van der Waals surface area contributed by atoms with Gasteiger partial charge >= 0.3 is 17.6 Å². The second-order valence-electron chi connectivity index (χ2n) is 11.6. The highest BCUT2D eigenvalue weighted by Gasteiger charge is 2.61. The minimum absolute atomic E-state index is 0.853. The zero-order valence-electron chi connectivity index (χ0n) is 25.0. The van der Waals surface area contributed by atoms with E-state index in [1.165, 1.54) is 0 Å². The van der Waals surface area contributed by atoms with Crippen LogP contribution in [0.25, 0.3) is 0 Å². The minimum atomic E-state index is -3.76. The van der Waals surface area contributed by atoms with Crippen molar-refractivity contribution < 1.29 is 20.6 Å². The van der Waals surface area contributed by atoms with Gasteiger partial charge in [0.05, 0.1) is 0 Å². The van der Waals surface area contributed by atoms with Crippen molar-refractivity contribution in [3.05, 3.63) is 110 Å². The average Bonchev–Trinajstić information content (AvgIpc) is 2.88. The molecule has 0 spiro atoms. The number of hydrogen-bond donors (Lipinski definition) is 0. The lowest BCUT2D eigenvalue weighted by atomic mass is 10.4. The van der Waals surface area contributed by atoms with Gasteiger partial charge in [0.15, 0.2) is 0 Å². The van der Waals surface area contributed by atoms with Crippen LogP contribution in [0.3, 0.4) is 0 Å². The van der Waals surface area contributed by atoms with Crippen LogP contribution >= 0.6 is 0 Å². The summed E-state index contributed by atoms with van der Waals surface area (Å²) in [5.41, 5.74) is 7.63. The van der Waals surface area contributed by atoms with Gasteiger partial charge in [-0.2, -0.15) is 0 Å². The normalized spacial score (nSPS) is 13.5. The Morgan fingerprint density at radius 2 is 0.641 bits per heavy atom. The first kappa shape index (κ1) is 33.7. The summed E-state index contributed by atoms with van der Waals surface area (Å²) in [5.74, 6) is 0. The maximum absolute atomic E-state index is 7.49. The quantitative estimate of drug-likeness (QED) is 0.199. The maximum atomic E-state index is 7.49. The standard InChI is InChI=1S/C28H46O5Si6/c1-13-34(5,6)29-38(30-35(7,8)14-2,27-23-19-17-20-24-27)33-39(31-36(9,10)15-3,32-37(11,12)16-4)28-25-21-18-22-26-28/h13-26H,1-4H2,5-12H3. The Morgan fingerprint density at radius 1 is 0.410 bits per heavy atom. The summed E-state index contributed by atoms with van der Waals surface area (Å²) in [6, 6.07) is 20.0. The molecule has 0 unspecified atom stereocenters. The lowest BCUT2D eigenvalue weighted by Crippen LogP contribution is -2.75. The third-order valence-electron chi connectivity index (χ3n) is 6.08. The Labute approximate surface area is 243 Å². The topological polar surface area (TPSA) is 46.2 Å². The lowest BCUT2D eigenvalue weighted by molar-refractivity contribution is 0.199. The molecule has 0 saturated heterocycles. The van der Waals surface area contributed by atoms with Crippen LogP contribution in [0.15, 0.2) is 110 Å². The van der Waals surface area contributed by atoms with Gasteiger partial charge < -0.3 is 20.6 Å². The molecule has 0 aliphatic carbocycles. The van der Waals surface area contributed by atoms with E-state index in [2.05, 4.69) is 78.7 Å². The predicted octanol–water partition coefficient (Wildman–Crippen LogP) is 6.48. The molecule has 5 nitrogen and oxygen atoms in total. The molecule has 0 bridgehead atoms. The molecule has 2 rings (SSSR count). The molecule has 39 heavy (non-hydrogen) atoms. The van der Waals surface area contributed by atoms with Gasteiger partial charge in [-0.25, -0.2) is 0 Å². The first-order valence-corrected chi connectivity index (χ1v) is 28.5. The van der Waals surface area contributed by atoms with Crippen molar-refractivity contribution in [3.8, 4) is 0 Å². The van der Waals surface area contributed by atoms with E-state index in [1.807, 2.05) is 83.5 Å². The first-order valence-electron chi connectivity index (χ1n) is 13.2. The zero-order valence-corrected chi connectivity index (χ0v) is 31.0. The van der Waals surface area contributed by atoms with Crippen molar-refractivity contribution in [2.75, 3.05) is 0 Å². The van der Waals surface area contributed by atoms with Gasteiger partial charge in [-0.1, -0.05) is 83.5 Å². The Hall–Kier alpha value is -1.50. The summed E-state index contributed by atoms with van der Waals surface area (Å²) in [6.45, 7) is 33.2. The molecule has 0 aliphatic heterocycles. The van der Waals surface area contributed by atoms with Crippen molar-refractivity contribution in [2.24, 2.45) is 0 Å². The van der Waals surface area contributed by atoms with E-state index in [0.29, 0.717) is 0 Å². The lowest BCUT2D eigenvalue weighted by Gasteiger charge is -2.47. The molecule has 0 radical (unpaired) electrons. The summed E-state index contributed by atoms with van der Waals surface area (Å²) < 4.78 is 36.0. The molecule has 0 fully saturated rings. The summed E-state index contributed by atoms with van der Waals surface area (Å²) in [6.07, 6.45) is 0. The van der Waals surface area contributed by atoms with Crippen molar-refractivity contribution in [2.45, 2.75) is 52.4 Å². The molecule has 2 aromatic carbocycles. The van der Waals surface area contributed by atoms with Crippen LogP contribution in [0, 0.1) is 0 Å². The fourth-order valence-corrected chi connectivity index (χ4v) is 24.6. The third-order valence-corrected chi connectivity index (χ3v) is 27.0. The van der Waals surface area contributed by atoms with Crippen LogP contribution in [0.4, 0.5) is 0 Å². The molecule has 212 valence electrons. The maximum Gasteiger partial charge on any atom is 0.509 e. The summed E-state index contributed by atoms with van der Waals surface area (Å²) in [5, 5.41) is 1.71. The van der Waals surface area contributed by atoms with E-state index < -0.39 is 50.9 Å². The van der Waals surface area contributed by atoms with Crippen LogP contribution in [0.2, 0.25) is 52.4 Å². The first-order chi connectivity index (χ1) is 18.0. The number of hydrogen-bond acceptors (Lipinski definition) is 5. The van der Waals surface area contributed by atoms with Gasteiger partial charge in [0.1, 0.15) is 0 Å². The van der Waals surface area contributed by atoms with E-state index >= 15 is 0 Å². The van der Waals surface area contributed by atoms with Gasteiger partial charge in [0.25, 0.3) is 0 Å². The van der Waals surface area contributed by atoms with E-state index in [-0.39, 0.29) is 0 Å². The molecule has 0 aliphatic rings. The molecular weight excluding hydrogens is 585 g/mol. The third kappa shape index (κ3) is 9.26. The summed E-state index contributed by atoms with van der Waals surface area (Å²) in [7, 11) is -17.5. The molecule has 11 heteroatoms. The number of benzene rings is 2. The fraction of sp³-hybridized carbons (Fsp3) is 0.286. The highest BCUT2D eigenvalue weighted by atomic mass is 28.5. The second-order valence-corrected chi connectivity index (χ2v) is 33.5. The fourth-order valence-electron chi connectivity index (χ4n) is 3.49. The van der Waals surface area contributed by atoms with Crippen LogP contribution in [-0.2, 0) is 20.6 Å². The number of rotatable bonds is 16. The van der Waals surface area contributed by atoms with E-state index in [1.54, 1.807) is 0 Å². The van der Waals surface area contributed by atoms with Gasteiger partial charge in [0, 0.05) is 10.4 Å². The van der Waals surface area contributed by atoms with Crippen molar-refractivity contribution >= 4 is 61.3 Å². The Morgan fingerprint density at radius 3 is 0.846 bits per heavy atom. The summed E-state index contributed by atoms with van der Waals surface area (Å²) in [4.78, 5) is 0. The van der Waals surface area contributed by atoms with E-state index in [9.17, 15) is 0 Å². The van der Waals surface area contributed by atoms with Crippen LogP contribution in [0.1, 0.15) is 0 Å². The zero-order chi connectivity index (χ0) is 29.6. The van der Waals surface area contributed by atoms with Gasteiger partial charge in [-0.3, -0.25) is 0 Å². The monoisotopic (exact) mass is 630 g/mol. The van der Waals surface area contributed by atoms with Gasteiger partial charge in [-0.15, -0.1) is 26.3 Å². The van der Waals surface area contributed by atoms with Crippen LogP contribution in [-0.4, -0.2) is 50.9 Å². The summed E-state index contributed by atoms with van der Waals surface area (Å²) >= 11 is 0. The molecule has 0 N–H and O–H groups in total.